The predicted molar refractivity (Wildman–Crippen MR) is 157 cm³/mol. The summed E-state index contributed by atoms with van der Waals surface area (Å²) in [6, 6.07) is 12.2. The van der Waals surface area contributed by atoms with Gasteiger partial charge in [-0.2, -0.15) is 13.2 Å². The van der Waals surface area contributed by atoms with E-state index in [2.05, 4.69) is 5.32 Å². The summed E-state index contributed by atoms with van der Waals surface area (Å²) in [7, 11) is 2.74. The Labute approximate surface area is 265 Å². The molecule has 4 rings (SSSR count). The van der Waals surface area contributed by atoms with Crippen LogP contribution in [0.2, 0.25) is 0 Å². The first kappa shape index (κ1) is 36.0. The molecule has 0 aromatic heterocycles. The van der Waals surface area contributed by atoms with Crippen LogP contribution in [0.3, 0.4) is 0 Å². The van der Waals surface area contributed by atoms with Crippen LogP contribution in [0.5, 0.6) is 28.7 Å². The number of amides is 1. The fourth-order valence-corrected chi connectivity index (χ4v) is 4.57. The second kappa shape index (κ2) is 15.7. The quantitative estimate of drug-likeness (QED) is 0.218. The minimum absolute atomic E-state index is 0.0191. The number of aliphatic carboxylic acids is 1. The third-order valence-corrected chi connectivity index (χ3v) is 6.76. The molecular formula is C31H31F3N2O11. The SMILES string of the molecule is COc1cccc(OC)c1C(=O)c1c(O)cc(O)cc1C(=O)ON1CCCC[C@@H](NC(=O)c2ccc(O)cc2)C1.O=C(O)C(F)(F)F. The van der Waals surface area contributed by atoms with Crippen molar-refractivity contribution in [2.75, 3.05) is 27.3 Å². The number of halogens is 3. The number of carboxylic acid groups (broad SMARTS) is 1. The zero-order chi connectivity index (χ0) is 34.9. The summed E-state index contributed by atoms with van der Waals surface area (Å²) in [4.78, 5) is 54.2. The highest BCUT2D eigenvalue weighted by Gasteiger charge is 2.38. The van der Waals surface area contributed by atoms with Gasteiger partial charge in [0.05, 0.1) is 31.9 Å². The number of methoxy groups -OCH3 is 2. The molecule has 3 aromatic carbocycles. The van der Waals surface area contributed by atoms with E-state index in [0.29, 0.717) is 24.9 Å². The van der Waals surface area contributed by atoms with E-state index in [4.69, 9.17) is 24.2 Å². The average molecular weight is 665 g/mol. The number of ether oxygens (including phenoxy) is 2. The lowest BCUT2D eigenvalue weighted by atomic mass is 9.95. The van der Waals surface area contributed by atoms with Crippen molar-refractivity contribution in [1.29, 1.82) is 0 Å². The minimum atomic E-state index is -5.08. The van der Waals surface area contributed by atoms with Gasteiger partial charge in [-0.05, 0) is 61.7 Å². The molecule has 16 heteroatoms. The topological polar surface area (TPSA) is 192 Å². The predicted octanol–water partition coefficient (Wildman–Crippen LogP) is 4.04. The molecule has 0 bridgehead atoms. The minimum Gasteiger partial charge on any atom is -0.508 e. The fraction of sp³-hybridized carbons (Fsp3) is 0.290. The molecule has 1 heterocycles. The Bertz CT molecular complexity index is 1590. The molecule has 13 nitrogen and oxygen atoms in total. The maximum Gasteiger partial charge on any atom is 0.490 e. The zero-order valence-corrected chi connectivity index (χ0v) is 25.0. The number of alkyl halides is 3. The molecule has 0 unspecified atom stereocenters. The number of hydrogen-bond donors (Lipinski definition) is 5. The first-order chi connectivity index (χ1) is 22.2. The molecule has 1 fully saturated rings. The number of hydrogen-bond acceptors (Lipinski definition) is 11. The lowest BCUT2D eigenvalue weighted by Crippen LogP contribution is -2.43. The summed E-state index contributed by atoms with van der Waals surface area (Å²) in [5, 5.41) is 41.7. The molecule has 5 N–H and O–H groups in total. The first-order valence-electron chi connectivity index (χ1n) is 13.8. The van der Waals surface area contributed by atoms with Gasteiger partial charge in [0.25, 0.3) is 5.91 Å². The molecule has 1 amide bonds. The van der Waals surface area contributed by atoms with Crippen molar-refractivity contribution in [3.63, 3.8) is 0 Å². The van der Waals surface area contributed by atoms with Crippen molar-refractivity contribution in [2.24, 2.45) is 0 Å². The number of nitrogens with zero attached hydrogens (tertiary/aromatic N) is 1. The lowest BCUT2D eigenvalue weighted by Gasteiger charge is -2.24. The smallest absolute Gasteiger partial charge is 0.490 e. The molecule has 0 saturated carbocycles. The molecule has 3 aromatic rings. The Morgan fingerprint density at radius 1 is 0.872 bits per heavy atom. The molecule has 1 saturated heterocycles. The van der Waals surface area contributed by atoms with Crippen LogP contribution in [-0.2, 0) is 9.63 Å². The molecule has 0 spiro atoms. The van der Waals surface area contributed by atoms with E-state index in [1.54, 1.807) is 6.07 Å². The standard InChI is InChI=1S/C29H30N2O9.C2HF3O2/c1-38-23-7-5-8-24(39-2)26(23)27(35)25-21(14-20(33)15-22(25)34)29(37)40-31-13-4-3-6-18(16-31)30-28(36)17-9-11-19(32)12-10-17;3-2(4,5)1(6)7/h5,7-12,14-15,18,32-34H,3-4,6,13,16H2,1-2H3,(H,30,36);(H,6,7)/t18-;/m1./s1. The normalized spacial score (nSPS) is 14.9. The van der Waals surface area contributed by atoms with Crippen LogP contribution >= 0.6 is 0 Å². The van der Waals surface area contributed by atoms with Crippen LogP contribution < -0.4 is 14.8 Å². The van der Waals surface area contributed by atoms with Gasteiger partial charge in [0.2, 0.25) is 5.78 Å². The molecule has 1 aliphatic heterocycles. The van der Waals surface area contributed by atoms with Crippen molar-refractivity contribution in [1.82, 2.24) is 10.4 Å². The number of aromatic hydroxyl groups is 3. The number of carbonyl (C=O) groups is 4. The van der Waals surface area contributed by atoms with E-state index in [9.17, 15) is 42.9 Å². The number of carboxylic acids is 1. The lowest BCUT2D eigenvalue weighted by molar-refractivity contribution is -0.192. The fourth-order valence-electron chi connectivity index (χ4n) is 4.57. The highest BCUT2D eigenvalue weighted by atomic mass is 19.4. The number of nitrogens with one attached hydrogen (secondary N) is 1. The van der Waals surface area contributed by atoms with Crippen molar-refractivity contribution in [2.45, 2.75) is 31.5 Å². The third-order valence-electron chi connectivity index (χ3n) is 6.76. The van der Waals surface area contributed by atoms with Gasteiger partial charge in [-0.15, -0.1) is 5.06 Å². The Morgan fingerprint density at radius 3 is 2.02 bits per heavy atom. The summed E-state index contributed by atoms with van der Waals surface area (Å²) >= 11 is 0. The summed E-state index contributed by atoms with van der Waals surface area (Å²) in [5.41, 5.74) is -0.396. The van der Waals surface area contributed by atoms with E-state index < -0.39 is 41.0 Å². The van der Waals surface area contributed by atoms with Crippen molar-refractivity contribution in [3.05, 3.63) is 76.9 Å². The van der Waals surface area contributed by atoms with Gasteiger partial charge in [-0.1, -0.05) is 6.07 Å². The number of rotatable bonds is 8. The highest BCUT2D eigenvalue weighted by molar-refractivity contribution is 6.18. The Hall–Kier alpha value is -5.51. The van der Waals surface area contributed by atoms with Crippen molar-refractivity contribution < 1.29 is 67.1 Å². The molecule has 0 radical (unpaired) electrons. The van der Waals surface area contributed by atoms with Gasteiger partial charge >= 0.3 is 18.1 Å². The molecule has 0 aliphatic carbocycles. The summed E-state index contributed by atoms with van der Waals surface area (Å²) in [6.07, 6.45) is -3.00. The van der Waals surface area contributed by atoms with Crippen LogP contribution in [0.1, 0.15) is 55.9 Å². The molecule has 1 atom stereocenters. The van der Waals surface area contributed by atoms with Crippen LogP contribution in [0, 0.1) is 0 Å². The van der Waals surface area contributed by atoms with Gasteiger partial charge in [-0.3, -0.25) is 9.59 Å². The van der Waals surface area contributed by atoms with E-state index in [1.165, 1.54) is 55.7 Å². The van der Waals surface area contributed by atoms with Crippen molar-refractivity contribution in [3.8, 4) is 28.7 Å². The van der Waals surface area contributed by atoms with Gasteiger partial charge in [0.1, 0.15) is 34.3 Å². The molecule has 47 heavy (non-hydrogen) atoms. The Kier molecular flexibility index (Phi) is 12.0. The molecule has 1 aliphatic rings. The third kappa shape index (κ3) is 9.49. The second-order valence-corrected chi connectivity index (χ2v) is 10.0. The number of phenolic OH excluding ortho intramolecular Hbond substituents is 3. The summed E-state index contributed by atoms with van der Waals surface area (Å²) in [5.74, 6) is -5.54. The Morgan fingerprint density at radius 2 is 1.47 bits per heavy atom. The molecular weight excluding hydrogens is 633 g/mol. The van der Waals surface area contributed by atoms with E-state index in [0.717, 1.165) is 18.6 Å². The zero-order valence-electron chi connectivity index (χ0n) is 25.0. The van der Waals surface area contributed by atoms with Crippen LogP contribution in [0.4, 0.5) is 13.2 Å². The molecule has 252 valence electrons. The van der Waals surface area contributed by atoms with Gasteiger partial charge < -0.3 is 40.1 Å². The number of carbonyl (C=O) groups excluding carboxylic acids is 3. The summed E-state index contributed by atoms with van der Waals surface area (Å²) < 4.78 is 42.4. The van der Waals surface area contributed by atoms with Crippen LogP contribution in [-0.4, -0.2) is 88.6 Å². The van der Waals surface area contributed by atoms with E-state index >= 15 is 0 Å². The number of phenols is 3. The largest absolute Gasteiger partial charge is 0.508 e. The van der Waals surface area contributed by atoms with Crippen LogP contribution in [0.15, 0.2) is 54.6 Å². The van der Waals surface area contributed by atoms with E-state index in [1.807, 2.05) is 0 Å². The maximum absolute atomic E-state index is 13.7. The van der Waals surface area contributed by atoms with E-state index in [-0.39, 0.29) is 46.9 Å². The maximum atomic E-state index is 13.7. The Balaban J connectivity index is 0.000000771. The number of hydroxylamine groups is 2. The van der Waals surface area contributed by atoms with Gasteiger partial charge in [0.15, 0.2) is 0 Å². The summed E-state index contributed by atoms with van der Waals surface area (Å²) in [6.45, 7) is 0.537. The van der Waals surface area contributed by atoms with Gasteiger partial charge in [0, 0.05) is 24.2 Å². The first-order valence-corrected chi connectivity index (χ1v) is 13.8. The number of benzene rings is 3. The highest BCUT2D eigenvalue weighted by Crippen LogP contribution is 2.36. The average Bonchev–Trinajstić information content (AvgIpc) is 3.24. The second-order valence-electron chi connectivity index (χ2n) is 10.0. The van der Waals surface area contributed by atoms with Crippen LogP contribution in [0.25, 0.3) is 0 Å². The monoisotopic (exact) mass is 664 g/mol. The van der Waals surface area contributed by atoms with Crippen molar-refractivity contribution >= 4 is 23.6 Å². The number of ketones is 1. The van der Waals surface area contributed by atoms with Gasteiger partial charge in [-0.25, -0.2) is 9.59 Å².